The van der Waals surface area contributed by atoms with Crippen LogP contribution in [0.1, 0.15) is 30.4 Å². The van der Waals surface area contributed by atoms with Gasteiger partial charge in [0.15, 0.2) is 0 Å². The van der Waals surface area contributed by atoms with E-state index in [1.807, 2.05) is 12.1 Å². The SMILES string of the molecule is Cc1ccc(F)cc1-c1nc(NSc2cccc(N3CCCC4(CC4C=O)C3)n2)ccc1C(F)(F)F. The number of carbonyl (C=O) groups is 1. The molecular weight excluding hydrogens is 492 g/mol. The van der Waals surface area contributed by atoms with E-state index in [0.29, 0.717) is 10.6 Å². The molecule has 1 saturated carbocycles. The molecule has 10 heteroatoms. The average molecular weight is 517 g/mol. The van der Waals surface area contributed by atoms with Gasteiger partial charge in [0.1, 0.15) is 28.8 Å². The zero-order valence-corrected chi connectivity index (χ0v) is 20.3. The van der Waals surface area contributed by atoms with Crippen molar-refractivity contribution in [1.82, 2.24) is 9.97 Å². The molecule has 2 aromatic heterocycles. The van der Waals surface area contributed by atoms with Crippen LogP contribution >= 0.6 is 11.9 Å². The quantitative estimate of drug-likeness (QED) is 0.228. The Bertz CT molecular complexity index is 1300. The lowest BCUT2D eigenvalue weighted by molar-refractivity contribution is -0.137. The van der Waals surface area contributed by atoms with Crippen molar-refractivity contribution in [3.8, 4) is 11.3 Å². The molecule has 3 heterocycles. The summed E-state index contributed by atoms with van der Waals surface area (Å²) < 4.78 is 57.9. The van der Waals surface area contributed by atoms with Crippen LogP contribution in [0, 0.1) is 24.1 Å². The maximum atomic E-state index is 13.9. The van der Waals surface area contributed by atoms with Gasteiger partial charge in [-0.2, -0.15) is 13.2 Å². The van der Waals surface area contributed by atoms with Gasteiger partial charge in [-0.3, -0.25) is 0 Å². The number of anilines is 2. The number of piperidine rings is 1. The lowest BCUT2D eigenvalue weighted by atomic mass is 9.92. The van der Waals surface area contributed by atoms with Crippen LogP contribution in [0.25, 0.3) is 11.3 Å². The fourth-order valence-corrected chi connectivity index (χ4v) is 5.55. The van der Waals surface area contributed by atoms with Gasteiger partial charge in [-0.25, -0.2) is 14.4 Å². The van der Waals surface area contributed by atoms with Gasteiger partial charge in [-0.15, -0.1) is 0 Å². The van der Waals surface area contributed by atoms with Crippen molar-refractivity contribution in [2.75, 3.05) is 22.7 Å². The number of aryl methyl sites for hydroxylation is 1. The molecule has 0 amide bonds. The second-order valence-corrected chi connectivity index (χ2v) is 10.2. The molecule has 2 fully saturated rings. The fraction of sp³-hybridized carbons (Fsp3) is 0.346. The van der Waals surface area contributed by atoms with E-state index >= 15 is 0 Å². The van der Waals surface area contributed by atoms with Crippen molar-refractivity contribution < 1.29 is 22.4 Å². The molecule has 188 valence electrons. The number of hydrogen-bond acceptors (Lipinski definition) is 6. The first kappa shape index (κ1) is 24.5. The zero-order valence-electron chi connectivity index (χ0n) is 19.5. The Balaban J connectivity index is 1.36. The maximum absolute atomic E-state index is 13.9. The molecule has 5 rings (SSSR count). The minimum Gasteiger partial charge on any atom is -0.356 e. The smallest absolute Gasteiger partial charge is 0.356 e. The van der Waals surface area contributed by atoms with Crippen molar-refractivity contribution in [1.29, 1.82) is 0 Å². The highest BCUT2D eigenvalue weighted by atomic mass is 32.2. The Hall–Kier alpha value is -3.14. The summed E-state index contributed by atoms with van der Waals surface area (Å²) >= 11 is 1.14. The summed E-state index contributed by atoms with van der Waals surface area (Å²) in [5.41, 5.74) is -0.623. The topological polar surface area (TPSA) is 58.1 Å². The van der Waals surface area contributed by atoms with E-state index in [2.05, 4.69) is 14.6 Å². The molecule has 1 spiro atoms. The zero-order chi connectivity index (χ0) is 25.5. The minimum atomic E-state index is -4.64. The fourth-order valence-electron chi connectivity index (χ4n) is 4.94. The highest BCUT2D eigenvalue weighted by Crippen LogP contribution is 2.57. The number of pyridine rings is 2. The number of benzene rings is 1. The Labute approximate surface area is 210 Å². The van der Waals surface area contributed by atoms with Gasteiger partial charge in [0.2, 0.25) is 0 Å². The number of nitrogens with one attached hydrogen (secondary N) is 1. The van der Waals surface area contributed by atoms with Gasteiger partial charge in [-0.1, -0.05) is 12.1 Å². The number of rotatable bonds is 6. The predicted octanol–water partition coefficient (Wildman–Crippen LogP) is 6.53. The first-order valence-electron chi connectivity index (χ1n) is 11.6. The van der Waals surface area contributed by atoms with Crippen molar-refractivity contribution in [2.45, 2.75) is 37.4 Å². The summed E-state index contributed by atoms with van der Waals surface area (Å²) in [5, 5.41) is 0.625. The van der Waals surface area contributed by atoms with Gasteiger partial charge in [0.25, 0.3) is 0 Å². The minimum absolute atomic E-state index is 0.0681. The third-order valence-corrected chi connectivity index (χ3v) is 7.72. The van der Waals surface area contributed by atoms with E-state index in [4.69, 9.17) is 4.98 Å². The standard InChI is InChI=1S/C26H24F4N4OS/c1-16-6-7-18(27)12-19(16)24-20(26(28,29)30)8-9-21(31-24)33-36-23-5-2-4-22(32-23)34-11-3-10-25(15-34)13-17(25)14-35/h2,4-9,12,14,17H,3,10-11,13,15H2,1H3,(H,31,33). The molecule has 0 radical (unpaired) electrons. The van der Waals surface area contributed by atoms with Crippen LogP contribution in [-0.2, 0) is 11.0 Å². The predicted molar refractivity (Wildman–Crippen MR) is 131 cm³/mol. The van der Waals surface area contributed by atoms with Gasteiger partial charge in [0.05, 0.1) is 11.3 Å². The Morgan fingerprint density at radius 2 is 2.00 bits per heavy atom. The number of alkyl halides is 3. The van der Waals surface area contributed by atoms with E-state index in [-0.39, 0.29) is 28.4 Å². The van der Waals surface area contributed by atoms with E-state index in [9.17, 15) is 22.4 Å². The molecule has 1 saturated heterocycles. The number of nitrogens with zero attached hydrogens (tertiary/aromatic N) is 3. The Kier molecular flexibility index (Phi) is 6.40. The number of halogens is 4. The summed E-state index contributed by atoms with van der Waals surface area (Å²) in [6.07, 6.45) is -0.604. The van der Waals surface area contributed by atoms with Gasteiger partial charge in [0, 0.05) is 36.5 Å². The number of aldehydes is 1. The van der Waals surface area contributed by atoms with E-state index in [0.717, 1.165) is 68.5 Å². The van der Waals surface area contributed by atoms with Gasteiger partial charge >= 0.3 is 6.18 Å². The maximum Gasteiger partial charge on any atom is 0.418 e. The molecule has 2 aliphatic rings. The summed E-state index contributed by atoms with van der Waals surface area (Å²) in [6.45, 7) is 3.27. The molecule has 0 bridgehead atoms. The van der Waals surface area contributed by atoms with E-state index in [1.165, 1.54) is 18.2 Å². The molecule has 3 aromatic rings. The highest BCUT2D eigenvalue weighted by molar-refractivity contribution is 8.00. The molecule has 1 aromatic carbocycles. The Morgan fingerprint density at radius 1 is 1.17 bits per heavy atom. The summed E-state index contributed by atoms with van der Waals surface area (Å²) in [4.78, 5) is 22.3. The molecule has 2 unspecified atom stereocenters. The molecule has 2 atom stereocenters. The normalized spacial score (nSPS) is 21.5. The van der Waals surface area contributed by atoms with Crippen LogP contribution < -0.4 is 9.62 Å². The van der Waals surface area contributed by atoms with Crippen LogP contribution in [0.2, 0.25) is 0 Å². The molecule has 1 aliphatic heterocycles. The van der Waals surface area contributed by atoms with Crippen molar-refractivity contribution in [3.63, 3.8) is 0 Å². The Morgan fingerprint density at radius 3 is 2.75 bits per heavy atom. The van der Waals surface area contributed by atoms with E-state index < -0.39 is 17.6 Å². The summed E-state index contributed by atoms with van der Waals surface area (Å²) in [6, 6.07) is 11.5. The van der Waals surface area contributed by atoms with E-state index in [1.54, 1.807) is 13.0 Å². The van der Waals surface area contributed by atoms with Gasteiger partial charge < -0.3 is 14.4 Å². The lowest BCUT2D eigenvalue weighted by Gasteiger charge is -2.34. The largest absolute Gasteiger partial charge is 0.418 e. The first-order valence-corrected chi connectivity index (χ1v) is 12.5. The molecule has 5 nitrogen and oxygen atoms in total. The first-order chi connectivity index (χ1) is 17.2. The second kappa shape index (κ2) is 9.38. The van der Waals surface area contributed by atoms with Crippen molar-refractivity contribution in [3.05, 3.63) is 65.5 Å². The third kappa shape index (κ3) is 4.91. The lowest BCUT2D eigenvalue weighted by Crippen LogP contribution is -2.38. The molecular formula is C26H24F4N4OS. The van der Waals surface area contributed by atoms with Crippen LogP contribution in [0.15, 0.2) is 53.6 Å². The van der Waals surface area contributed by atoms with Crippen molar-refractivity contribution in [2.24, 2.45) is 11.3 Å². The summed E-state index contributed by atoms with van der Waals surface area (Å²) in [5.74, 6) is 0.488. The van der Waals surface area contributed by atoms with Crippen LogP contribution in [-0.4, -0.2) is 29.3 Å². The van der Waals surface area contributed by atoms with Crippen molar-refractivity contribution >= 4 is 29.9 Å². The molecule has 1 N–H and O–H groups in total. The number of carbonyl (C=O) groups excluding carboxylic acids is 1. The molecule has 1 aliphatic carbocycles. The van der Waals surface area contributed by atoms with Crippen LogP contribution in [0.4, 0.5) is 29.2 Å². The van der Waals surface area contributed by atoms with Crippen LogP contribution in [0.5, 0.6) is 0 Å². The number of aromatic nitrogens is 2. The second-order valence-electron chi connectivity index (χ2n) is 9.42. The molecule has 36 heavy (non-hydrogen) atoms. The highest BCUT2D eigenvalue weighted by Gasteiger charge is 2.55. The van der Waals surface area contributed by atoms with Crippen LogP contribution in [0.3, 0.4) is 0 Å². The number of hydrogen-bond donors (Lipinski definition) is 1. The third-order valence-electron chi connectivity index (χ3n) is 6.97. The average Bonchev–Trinajstić information content (AvgIpc) is 3.54. The monoisotopic (exact) mass is 516 g/mol. The van der Waals surface area contributed by atoms with Gasteiger partial charge in [-0.05, 0) is 73.6 Å². The summed E-state index contributed by atoms with van der Waals surface area (Å²) in [7, 11) is 0.